The van der Waals surface area contributed by atoms with Crippen molar-refractivity contribution in [2.24, 2.45) is 4.99 Å². The number of rotatable bonds is 2. The standard InChI is InChI=1S/C21H15F5N4O2/c1-10-14(4-3-13(22)19(10)23)29-9-30(15-5-6-18(31)28-11(15)2)20(32)12-7-17(21(24,25)26)27-8-16(12)29/h3-8,15H,9H2,1-2H3. The molecule has 0 spiro atoms. The van der Waals surface area contributed by atoms with E-state index in [4.69, 9.17) is 0 Å². The van der Waals surface area contributed by atoms with Crippen molar-refractivity contribution >= 4 is 28.9 Å². The van der Waals surface area contributed by atoms with E-state index in [1.54, 1.807) is 0 Å². The molecule has 4 rings (SSSR count). The fourth-order valence-electron chi connectivity index (χ4n) is 3.71. The zero-order valence-corrected chi connectivity index (χ0v) is 16.7. The summed E-state index contributed by atoms with van der Waals surface area (Å²) in [5.41, 5.74) is -1.26. The molecule has 1 aromatic heterocycles. The number of halogens is 5. The minimum Gasteiger partial charge on any atom is -0.321 e. The molecule has 6 nitrogen and oxygen atoms in total. The van der Waals surface area contributed by atoms with Crippen LogP contribution in [0.4, 0.5) is 33.3 Å². The maximum absolute atomic E-state index is 14.3. The molecule has 0 fully saturated rings. The van der Waals surface area contributed by atoms with E-state index in [-0.39, 0.29) is 34.9 Å². The molecule has 2 aromatic rings. The highest BCUT2D eigenvalue weighted by Crippen LogP contribution is 2.39. The maximum atomic E-state index is 14.3. The Morgan fingerprint density at radius 2 is 1.81 bits per heavy atom. The number of carbonyl (C=O) groups excluding carboxylic acids is 2. The van der Waals surface area contributed by atoms with E-state index in [0.717, 1.165) is 18.3 Å². The van der Waals surface area contributed by atoms with Gasteiger partial charge in [-0.05, 0) is 32.0 Å². The fourth-order valence-corrected chi connectivity index (χ4v) is 3.71. The van der Waals surface area contributed by atoms with Crippen LogP contribution in [0.15, 0.2) is 41.5 Å². The number of anilines is 2. The third-order valence-corrected chi connectivity index (χ3v) is 5.32. The van der Waals surface area contributed by atoms with Gasteiger partial charge in [0.05, 0.1) is 30.2 Å². The van der Waals surface area contributed by atoms with Crippen molar-refractivity contribution in [3.63, 3.8) is 0 Å². The third-order valence-electron chi connectivity index (χ3n) is 5.32. The normalized spacial score (nSPS) is 18.7. The van der Waals surface area contributed by atoms with Crippen LogP contribution < -0.4 is 4.90 Å². The number of hydrogen-bond acceptors (Lipinski definition) is 4. The van der Waals surface area contributed by atoms with Crippen molar-refractivity contribution in [1.29, 1.82) is 0 Å². The van der Waals surface area contributed by atoms with Gasteiger partial charge in [-0.1, -0.05) is 6.08 Å². The molecule has 0 radical (unpaired) electrons. The van der Waals surface area contributed by atoms with Gasteiger partial charge in [-0.2, -0.15) is 13.2 Å². The highest BCUT2D eigenvalue weighted by atomic mass is 19.4. The summed E-state index contributed by atoms with van der Waals surface area (Å²) >= 11 is 0. The molecular formula is C21H15F5N4O2. The van der Waals surface area contributed by atoms with Gasteiger partial charge >= 0.3 is 6.18 Å². The van der Waals surface area contributed by atoms with E-state index in [9.17, 15) is 31.5 Å². The van der Waals surface area contributed by atoms with Crippen LogP contribution in [0, 0.1) is 18.6 Å². The predicted molar refractivity (Wildman–Crippen MR) is 105 cm³/mol. The Kier molecular flexibility index (Phi) is 5.06. The van der Waals surface area contributed by atoms with Gasteiger partial charge in [0.15, 0.2) is 11.6 Å². The molecule has 2 aliphatic rings. The van der Waals surface area contributed by atoms with Crippen molar-refractivity contribution in [3.05, 3.63) is 65.0 Å². The van der Waals surface area contributed by atoms with Crippen LogP contribution in [0.25, 0.3) is 0 Å². The smallest absolute Gasteiger partial charge is 0.321 e. The number of pyridine rings is 1. The highest BCUT2D eigenvalue weighted by molar-refractivity contribution is 6.10. The molecule has 166 valence electrons. The first kappa shape index (κ1) is 21.6. The van der Waals surface area contributed by atoms with Crippen LogP contribution in [-0.4, -0.2) is 40.1 Å². The zero-order chi connectivity index (χ0) is 23.4. The molecular weight excluding hydrogens is 435 g/mol. The van der Waals surface area contributed by atoms with Crippen molar-refractivity contribution in [1.82, 2.24) is 9.88 Å². The Labute approximate surface area is 178 Å². The first-order valence-electron chi connectivity index (χ1n) is 9.36. The molecule has 0 N–H and O–H groups in total. The average molecular weight is 450 g/mol. The van der Waals surface area contributed by atoms with E-state index in [1.165, 1.54) is 35.8 Å². The minimum atomic E-state index is -4.80. The zero-order valence-electron chi connectivity index (χ0n) is 16.7. The molecule has 0 saturated carbocycles. The van der Waals surface area contributed by atoms with Crippen molar-refractivity contribution in [2.75, 3.05) is 11.6 Å². The Bertz CT molecular complexity index is 1210. The van der Waals surface area contributed by atoms with E-state index >= 15 is 0 Å². The number of nitrogens with zero attached hydrogens (tertiary/aromatic N) is 4. The number of aromatic nitrogens is 1. The van der Waals surface area contributed by atoms with Crippen molar-refractivity contribution < 1.29 is 31.5 Å². The molecule has 2 aliphatic heterocycles. The van der Waals surface area contributed by atoms with Crippen LogP contribution >= 0.6 is 0 Å². The van der Waals surface area contributed by atoms with Gasteiger partial charge in [-0.15, -0.1) is 0 Å². The lowest BCUT2D eigenvalue weighted by atomic mass is 10.0. The topological polar surface area (TPSA) is 65.9 Å². The van der Waals surface area contributed by atoms with Gasteiger partial charge in [-0.3, -0.25) is 9.59 Å². The van der Waals surface area contributed by atoms with Crippen molar-refractivity contribution in [3.8, 4) is 0 Å². The van der Waals surface area contributed by atoms with Gasteiger partial charge < -0.3 is 9.80 Å². The Morgan fingerprint density at radius 1 is 1.09 bits per heavy atom. The molecule has 1 unspecified atom stereocenters. The predicted octanol–water partition coefficient (Wildman–Crippen LogP) is 4.16. The summed E-state index contributed by atoms with van der Waals surface area (Å²) in [5, 5.41) is 0. The maximum Gasteiger partial charge on any atom is 0.433 e. The summed E-state index contributed by atoms with van der Waals surface area (Å²) in [6, 6.07) is 1.96. The van der Waals surface area contributed by atoms with E-state index in [1.807, 2.05) is 0 Å². The van der Waals surface area contributed by atoms with E-state index in [0.29, 0.717) is 6.07 Å². The largest absolute Gasteiger partial charge is 0.433 e. The molecule has 3 heterocycles. The lowest BCUT2D eigenvalue weighted by Gasteiger charge is -2.41. The number of dihydropyridines is 1. The number of aliphatic imine (C=N–C) groups is 1. The Hall–Kier alpha value is -3.63. The summed E-state index contributed by atoms with van der Waals surface area (Å²) in [7, 11) is 0. The minimum absolute atomic E-state index is 0.0128. The molecule has 32 heavy (non-hydrogen) atoms. The van der Waals surface area contributed by atoms with Crippen molar-refractivity contribution in [2.45, 2.75) is 26.1 Å². The molecule has 1 aromatic carbocycles. The molecule has 1 atom stereocenters. The van der Waals surface area contributed by atoms with Crippen LogP contribution in [0.5, 0.6) is 0 Å². The van der Waals surface area contributed by atoms with E-state index in [2.05, 4.69) is 9.98 Å². The number of hydrogen-bond donors (Lipinski definition) is 0. The first-order chi connectivity index (χ1) is 15.0. The summed E-state index contributed by atoms with van der Waals surface area (Å²) in [5.74, 6) is -3.48. The van der Waals surface area contributed by atoms with E-state index < -0.39 is 41.4 Å². The summed E-state index contributed by atoms with van der Waals surface area (Å²) in [6.07, 6.45) is -1.35. The van der Waals surface area contributed by atoms with Crippen LogP contribution in [0.1, 0.15) is 28.5 Å². The lowest BCUT2D eigenvalue weighted by Crippen LogP contribution is -2.52. The van der Waals surface area contributed by atoms with Crippen LogP contribution in [0.2, 0.25) is 0 Å². The van der Waals surface area contributed by atoms with Gasteiger partial charge in [0, 0.05) is 23.0 Å². The second-order valence-corrected chi connectivity index (χ2v) is 7.33. The first-order valence-corrected chi connectivity index (χ1v) is 9.36. The van der Waals surface area contributed by atoms with Gasteiger partial charge in [-0.25, -0.2) is 18.8 Å². The summed E-state index contributed by atoms with van der Waals surface area (Å²) in [4.78, 5) is 34.5. The lowest BCUT2D eigenvalue weighted by molar-refractivity contribution is -0.141. The van der Waals surface area contributed by atoms with Gasteiger partial charge in [0.25, 0.3) is 11.8 Å². The number of fused-ring (bicyclic) bond motifs is 1. The summed E-state index contributed by atoms with van der Waals surface area (Å²) in [6.45, 7) is 2.61. The highest BCUT2D eigenvalue weighted by Gasteiger charge is 2.40. The average Bonchev–Trinajstić information content (AvgIpc) is 2.73. The quantitative estimate of drug-likeness (QED) is 0.645. The second kappa shape index (κ2) is 7.50. The molecule has 0 bridgehead atoms. The fraction of sp³-hybridized carbons (Fsp3) is 0.238. The Morgan fingerprint density at radius 3 is 2.47 bits per heavy atom. The molecule has 2 amide bonds. The monoisotopic (exact) mass is 450 g/mol. The van der Waals surface area contributed by atoms with Crippen LogP contribution in [-0.2, 0) is 11.0 Å². The number of carbonyl (C=O) groups is 2. The second-order valence-electron chi connectivity index (χ2n) is 7.33. The van der Waals surface area contributed by atoms with Gasteiger partial charge in [0.2, 0.25) is 0 Å². The molecule has 0 aliphatic carbocycles. The molecule has 11 heteroatoms. The van der Waals surface area contributed by atoms with Gasteiger partial charge in [0.1, 0.15) is 5.69 Å². The molecule has 0 saturated heterocycles. The Balaban J connectivity index is 1.90. The number of amides is 2. The number of alkyl halides is 3. The number of benzene rings is 1. The third kappa shape index (κ3) is 3.53. The van der Waals surface area contributed by atoms with Crippen LogP contribution in [0.3, 0.4) is 0 Å². The summed E-state index contributed by atoms with van der Waals surface area (Å²) < 4.78 is 67.7. The SMILES string of the molecule is CC1=NC(=O)C=CC1N1CN(c2ccc(F)c(F)c2C)c2cnc(C(F)(F)F)cc2C1=O.